The SMILES string of the molecule is O=C(N[C@@H](Cc1ccccc1)C(=O)OCc1ccccc1)c1ccccc1C#CCS(=O)(=O)c1ccccc1. The smallest absolute Gasteiger partial charge is 0.329 e. The summed E-state index contributed by atoms with van der Waals surface area (Å²) in [6.07, 6.45) is 0.239. The third-order valence-electron chi connectivity index (χ3n) is 5.86. The van der Waals surface area contributed by atoms with Gasteiger partial charge in [0, 0.05) is 12.0 Å². The number of hydrogen-bond acceptors (Lipinski definition) is 5. The van der Waals surface area contributed by atoms with Crippen LogP contribution < -0.4 is 5.32 Å². The van der Waals surface area contributed by atoms with E-state index in [2.05, 4.69) is 17.2 Å². The van der Waals surface area contributed by atoms with Crippen molar-refractivity contribution in [3.8, 4) is 11.8 Å². The highest BCUT2D eigenvalue weighted by Crippen LogP contribution is 2.13. The summed E-state index contributed by atoms with van der Waals surface area (Å²) in [6, 6.07) is 32.4. The van der Waals surface area contributed by atoms with Gasteiger partial charge in [0.1, 0.15) is 18.4 Å². The average molecular weight is 538 g/mol. The molecule has 0 aliphatic rings. The topological polar surface area (TPSA) is 89.5 Å². The number of nitrogens with one attached hydrogen (secondary N) is 1. The molecular weight excluding hydrogens is 510 g/mol. The first-order valence-electron chi connectivity index (χ1n) is 12.3. The maximum atomic E-state index is 13.3. The van der Waals surface area contributed by atoms with E-state index < -0.39 is 33.5 Å². The molecule has 4 rings (SSSR count). The fourth-order valence-electron chi connectivity index (χ4n) is 3.84. The zero-order valence-corrected chi connectivity index (χ0v) is 21.9. The van der Waals surface area contributed by atoms with E-state index in [4.69, 9.17) is 4.74 Å². The highest BCUT2D eigenvalue weighted by molar-refractivity contribution is 7.91. The number of hydrogen-bond donors (Lipinski definition) is 1. The molecule has 0 saturated heterocycles. The molecule has 1 N–H and O–H groups in total. The van der Waals surface area contributed by atoms with Gasteiger partial charge in [-0.1, -0.05) is 103 Å². The Labute approximate surface area is 228 Å². The van der Waals surface area contributed by atoms with Crippen molar-refractivity contribution < 1.29 is 22.7 Å². The third-order valence-corrected chi connectivity index (χ3v) is 7.37. The number of carbonyl (C=O) groups is 2. The second-order valence-corrected chi connectivity index (χ2v) is 10.7. The molecule has 39 heavy (non-hydrogen) atoms. The number of esters is 1. The summed E-state index contributed by atoms with van der Waals surface area (Å²) in [5.41, 5.74) is 2.28. The summed E-state index contributed by atoms with van der Waals surface area (Å²) >= 11 is 0. The molecule has 6 nitrogen and oxygen atoms in total. The van der Waals surface area contributed by atoms with Crippen molar-refractivity contribution in [3.63, 3.8) is 0 Å². The Morgan fingerprint density at radius 2 is 1.31 bits per heavy atom. The lowest BCUT2D eigenvalue weighted by Gasteiger charge is -2.18. The second kappa shape index (κ2) is 13.2. The summed E-state index contributed by atoms with van der Waals surface area (Å²) < 4.78 is 30.7. The molecule has 0 unspecified atom stereocenters. The molecule has 1 amide bonds. The predicted octanol–water partition coefficient (Wildman–Crippen LogP) is 4.60. The Balaban J connectivity index is 1.51. The van der Waals surface area contributed by atoms with Crippen molar-refractivity contribution >= 4 is 21.7 Å². The molecule has 0 saturated carbocycles. The minimum atomic E-state index is -3.59. The van der Waals surface area contributed by atoms with Crippen molar-refractivity contribution in [2.24, 2.45) is 0 Å². The number of ether oxygens (including phenoxy) is 1. The van der Waals surface area contributed by atoms with Crippen LogP contribution in [-0.2, 0) is 32.4 Å². The van der Waals surface area contributed by atoms with Crippen LogP contribution in [0.1, 0.15) is 27.0 Å². The standard InChI is InChI=1S/C32H27NO5S/c34-31(29-21-11-10-17-27(29)18-12-22-39(36,37)28-19-8-3-9-20-28)33-30(23-25-13-4-1-5-14-25)32(35)38-24-26-15-6-2-7-16-26/h1-11,13-17,19-21,30H,22-24H2,(H,33,34)/t30-/m0/s1. The van der Waals surface area contributed by atoms with E-state index in [1.807, 2.05) is 60.7 Å². The van der Waals surface area contributed by atoms with E-state index >= 15 is 0 Å². The third kappa shape index (κ3) is 7.91. The molecule has 0 fully saturated rings. The average Bonchev–Trinajstić information content (AvgIpc) is 2.97. The molecule has 4 aromatic carbocycles. The Hall–Kier alpha value is -4.67. The van der Waals surface area contributed by atoms with Crippen molar-refractivity contribution in [2.75, 3.05) is 5.75 Å². The van der Waals surface area contributed by atoms with Crippen LogP contribution in [0.4, 0.5) is 0 Å². The van der Waals surface area contributed by atoms with E-state index in [1.165, 1.54) is 12.1 Å². The second-order valence-electron chi connectivity index (χ2n) is 8.73. The van der Waals surface area contributed by atoms with E-state index in [1.54, 1.807) is 42.5 Å². The van der Waals surface area contributed by atoms with Crippen LogP contribution in [0.5, 0.6) is 0 Å². The quantitative estimate of drug-likeness (QED) is 0.249. The van der Waals surface area contributed by atoms with Gasteiger partial charge in [-0.25, -0.2) is 13.2 Å². The van der Waals surface area contributed by atoms with Gasteiger partial charge < -0.3 is 10.1 Å². The van der Waals surface area contributed by atoms with Gasteiger partial charge in [-0.3, -0.25) is 4.79 Å². The lowest BCUT2D eigenvalue weighted by atomic mass is 10.0. The van der Waals surface area contributed by atoms with Crippen LogP contribution in [0.2, 0.25) is 0 Å². The number of benzene rings is 4. The minimum Gasteiger partial charge on any atom is -0.459 e. The number of sulfone groups is 1. The van der Waals surface area contributed by atoms with Gasteiger partial charge in [0.05, 0.1) is 10.5 Å². The summed E-state index contributed by atoms with van der Waals surface area (Å²) in [5.74, 6) is 4.03. The zero-order chi connectivity index (χ0) is 27.5. The van der Waals surface area contributed by atoms with Gasteiger partial charge in [0.15, 0.2) is 9.84 Å². The van der Waals surface area contributed by atoms with Crippen molar-refractivity contribution in [1.82, 2.24) is 5.32 Å². The molecule has 196 valence electrons. The van der Waals surface area contributed by atoms with Crippen LogP contribution in [0.25, 0.3) is 0 Å². The normalized spacial score (nSPS) is 11.5. The van der Waals surface area contributed by atoms with Gasteiger partial charge in [-0.05, 0) is 35.4 Å². The van der Waals surface area contributed by atoms with Crippen LogP contribution in [0.15, 0.2) is 120 Å². The lowest BCUT2D eigenvalue weighted by Crippen LogP contribution is -2.43. The Morgan fingerprint density at radius 1 is 0.744 bits per heavy atom. The van der Waals surface area contributed by atoms with Crippen molar-refractivity contribution in [1.29, 1.82) is 0 Å². The van der Waals surface area contributed by atoms with Gasteiger partial charge in [0.25, 0.3) is 5.91 Å². The van der Waals surface area contributed by atoms with Crippen LogP contribution in [0.3, 0.4) is 0 Å². The van der Waals surface area contributed by atoms with E-state index in [-0.39, 0.29) is 23.5 Å². The number of carbonyl (C=O) groups excluding carboxylic acids is 2. The maximum absolute atomic E-state index is 13.3. The molecule has 0 aliphatic carbocycles. The fraction of sp³-hybridized carbons (Fsp3) is 0.125. The molecule has 4 aromatic rings. The molecule has 0 bridgehead atoms. The van der Waals surface area contributed by atoms with Gasteiger partial charge in [-0.2, -0.15) is 0 Å². The van der Waals surface area contributed by atoms with Gasteiger partial charge >= 0.3 is 5.97 Å². The van der Waals surface area contributed by atoms with E-state index in [9.17, 15) is 18.0 Å². The van der Waals surface area contributed by atoms with Crippen LogP contribution in [-0.4, -0.2) is 32.1 Å². The molecular formula is C32H27NO5S. The highest BCUT2D eigenvalue weighted by atomic mass is 32.2. The number of rotatable bonds is 9. The van der Waals surface area contributed by atoms with Crippen LogP contribution in [0, 0.1) is 11.8 Å². The Morgan fingerprint density at radius 3 is 1.97 bits per heavy atom. The fourth-order valence-corrected chi connectivity index (χ4v) is 4.84. The highest BCUT2D eigenvalue weighted by Gasteiger charge is 2.24. The predicted molar refractivity (Wildman–Crippen MR) is 149 cm³/mol. The zero-order valence-electron chi connectivity index (χ0n) is 21.1. The van der Waals surface area contributed by atoms with Gasteiger partial charge in [-0.15, -0.1) is 0 Å². The Bertz CT molecular complexity index is 1580. The molecule has 0 spiro atoms. The molecule has 7 heteroatoms. The van der Waals surface area contributed by atoms with Crippen molar-refractivity contribution in [3.05, 3.63) is 138 Å². The largest absolute Gasteiger partial charge is 0.459 e. The van der Waals surface area contributed by atoms with Crippen molar-refractivity contribution in [2.45, 2.75) is 24.0 Å². The van der Waals surface area contributed by atoms with E-state index in [0.717, 1.165) is 11.1 Å². The minimum absolute atomic E-state index is 0.0821. The van der Waals surface area contributed by atoms with E-state index in [0.29, 0.717) is 5.56 Å². The molecule has 0 aliphatic heterocycles. The Kier molecular flexibility index (Phi) is 9.28. The van der Waals surface area contributed by atoms with Gasteiger partial charge in [0.2, 0.25) is 0 Å². The summed E-state index contributed by atoms with van der Waals surface area (Å²) in [7, 11) is -3.59. The monoisotopic (exact) mass is 537 g/mol. The first-order valence-corrected chi connectivity index (χ1v) is 14.0. The summed E-state index contributed by atoms with van der Waals surface area (Å²) in [6.45, 7) is 0.0821. The molecule has 0 aromatic heterocycles. The molecule has 0 radical (unpaired) electrons. The molecule has 1 atom stereocenters. The van der Waals surface area contributed by atoms with Crippen LogP contribution >= 0.6 is 0 Å². The summed E-state index contributed by atoms with van der Waals surface area (Å²) in [4.78, 5) is 26.6. The lowest BCUT2D eigenvalue weighted by molar-refractivity contribution is -0.147. The maximum Gasteiger partial charge on any atom is 0.329 e. The summed E-state index contributed by atoms with van der Waals surface area (Å²) in [5, 5.41) is 2.79. The first kappa shape index (κ1) is 27.4. The molecule has 0 heterocycles. The number of amides is 1. The first-order chi connectivity index (χ1) is 18.9.